The van der Waals surface area contributed by atoms with Crippen LogP contribution in [0.2, 0.25) is 0 Å². The van der Waals surface area contributed by atoms with Crippen LogP contribution in [0.1, 0.15) is 187 Å². The summed E-state index contributed by atoms with van der Waals surface area (Å²) in [6, 6.07) is 13.6. The average molecular weight is 659 g/mol. The van der Waals surface area contributed by atoms with E-state index >= 15 is 0 Å². The van der Waals surface area contributed by atoms with Gasteiger partial charge >= 0.3 is 0 Å². The van der Waals surface area contributed by atoms with Crippen molar-refractivity contribution in [3.63, 3.8) is 0 Å². The van der Waals surface area contributed by atoms with Gasteiger partial charge in [-0.15, -0.1) is 0 Å². The van der Waals surface area contributed by atoms with Crippen LogP contribution in [0.5, 0.6) is 0 Å². The van der Waals surface area contributed by atoms with Crippen molar-refractivity contribution in [1.29, 1.82) is 0 Å². The first kappa shape index (κ1) is 33.7. The summed E-state index contributed by atoms with van der Waals surface area (Å²) in [5.41, 5.74) is 6.20. The molecule has 6 heteroatoms. The lowest BCUT2D eigenvalue weighted by Gasteiger charge is -2.31. The van der Waals surface area contributed by atoms with E-state index in [9.17, 15) is 9.59 Å². The van der Waals surface area contributed by atoms with Gasteiger partial charge in [0, 0.05) is 0 Å². The molecular formula is C40H58O4Si2. The molecule has 6 rings (SSSR count). The van der Waals surface area contributed by atoms with Crippen molar-refractivity contribution < 1.29 is 18.4 Å². The van der Waals surface area contributed by atoms with Gasteiger partial charge in [0.2, 0.25) is 0 Å². The molecule has 0 bridgehead atoms. The molecule has 250 valence electrons. The van der Waals surface area contributed by atoms with Crippen LogP contribution >= 0.6 is 0 Å². The maximum Gasteiger partial charge on any atom is 0.292 e. The van der Waals surface area contributed by atoms with Gasteiger partial charge in [-0.2, -0.15) is 0 Å². The Kier molecular flexibility index (Phi) is 12.7. The zero-order valence-electron chi connectivity index (χ0n) is 28.4. The molecule has 46 heavy (non-hydrogen) atoms. The number of carbonyl (C=O) groups is 2. The van der Waals surface area contributed by atoms with Crippen LogP contribution in [0.25, 0.3) is 0 Å². The largest absolute Gasteiger partial charge is 0.520 e. The normalized spacial score (nSPS) is 21.3. The third kappa shape index (κ3) is 8.83. The second-order valence-electron chi connectivity index (χ2n) is 15.0. The molecule has 0 heterocycles. The Labute approximate surface area is 283 Å². The lowest BCUT2D eigenvalue weighted by atomic mass is 9.76. The Bertz CT molecular complexity index is 1180. The molecule has 0 atom stereocenters. The summed E-state index contributed by atoms with van der Waals surface area (Å²) in [6.07, 6.45) is 26.5. The smallest absolute Gasteiger partial charge is 0.292 e. The predicted octanol–water partition coefficient (Wildman–Crippen LogP) is 7.86. The summed E-state index contributed by atoms with van der Waals surface area (Å²) in [6.45, 7) is 0. The Morgan fingerprint density at radius 3 is 1.15 bits per heavy atom. The second-order valence-corrected chi connectivity index (χ2v) is 17.7. The minimum absolute atomic E-state index is 0.124. The Balaban J connectivity index is 1.05. The molecule has 0 spiro atoms. The molecule has 0 aliphatic heterocycles. The van der Waals surface area contributed by atoms with E-state index in [1.54, 1.807) is 22.3 Å². The fraction of sp³-hybridized carbons (Fsp3) is 0.650. The third-order valence-electron chi connectivity index (χ3n) is 11.9. The fourth-order valence-corrected chi connectivity index (χ4v) is 12.2. The van der Waals surface area contributed by atoms with Crippen molar-refractivity contribution in [3.8, 4) is 0 Å². The second kappa shape index (κ2) is 17.3. The first-order valence-corrected chi connectivity index (χ1v) is 21.8. The fourth-order valence-electron chi connectivity index (χ4n) is 9.50. The molecule has 4 aliphatic carbocycles. The van der Waals surface area contributed by atoms with Gasteiger partial charge in [-0.1, -0.05) is 113 Å². The van der Waals surface area contributed by atoms with Gasteiger partial charge in [0.1, 0.15) is 0 Å². The highest BCUT2D eigenvalue weighted by atomic mass is 28.2. The average Bonchev–Trinajstić information content (AvgIpc) is 3.13. The minimum atomic E-state index is -1.21. The van der Waals surface area contributed by atoms with Crippen LogP contribution in [0.3, 0.4) is 0 Å². The summed E-state index contributed by atoms with van der Waals surface area (Å²) in [5.74, 6) is 2.09. The first-order chi connectivity index (χ1) is 22.7. The summed E-state index contributed by atoms with van der Waals surface area (Å²) >= 11 is 0. The van der Waals surface area contributed by atoms with Gasteiger partial charge in [-0.05, 0) is 108 Å². The van der Waals surface area contributed by atoms with Crippen molar-refractivity contribution in [2.75, 3.05) is 0 Å². The van der Waals surface area contributed by atoms with E-state index in [4.69, 9.17) is 8.85 Å². The van der Waals surface area contributed by atoms with Gasteiger partial charge in [-0.3, -0.25) is 9.59 Å². The number of benzene rings is 2. The molecule has 0 N–H and O–H groups in total. The van der Waals surface area contributed by atoms with Crippen molar-refractivity contribution >= 4 is 41.8 Å². The maximum atomic E-state index is 13.0. The van der Waals surface area contributed by atoms with E-state index < -0.39 is 19.5 Å². The van der Waals surface area contributed by atoms with Crippen LogP contribution in [0.15, 0.2) is 36.4 Å². The highest BCUT2D eigenvalue weighted by Crippen LogP contribution is 2.41. The number of carbonyl (C=O) groups excluding carboxylic acids is 2. The SMILES string of the molecule is O=C(CCC(=O)O[SiH2]c1cccc(C2CCCCC2)c1C1CCCCC1)O[SiH2]c1cccc(C2CCCCC2)c1C1CCCCC1. The standard InChI is InChI=1S/C40H58O4Si2/c41-37(43-45-35-25-13-23-33(29-15-5-1-6-16-29)39(35)31-19-9-3-10-20-31)27-28-38(42)44-46-36-26-14-24-34(30-17-7-2-8-18-30)40(36)32-21-11-4-12-22-32/h13-14,23-26,29-32H,1-12,15-22,27-28,45-46H2. The van der Waals surface area contributed by atoms with Crippen LogP contribution in [0, 0.1) is 0 Å². The molecule has 4 saturated carbocycles. The van der Waals surface area contributed by atoms with Crippen LogP contribution in [0.4, 0.5) is 0 Å². The zero-order valence-corrected chi connectivity index (χ0v) is 31.2. The number of hydrogen-bond acceptors (Lipinski definition) is 4. The number of hydrogen-bond donors (Lipinski definition) is 0. The molecule has 4 aliphatic rings. The molecule has 0 saturated heterocycles. The van der Waals surface area contributed by atoms with Gasteiger partial charge in [0.15, 0.2) is 0 Å². The summed E-state index contributed by atoms with van der Waals surface area (Å²) in [4.78, 5) is 25.9. The van der Waals surface area contributed by atoms with Gasteiger partial charge in [0.05, 0.1) is 12.8 Å². The molecule has 0 radical (unpaired) electrons. The quantitative estimate of drug-likeness (QED) is 0.231. The van der Waals surface area contributed by atoms with E-state index in [0.717, 1.165) is 0 Å². The zero-order chi connectivity index (χ0) is 31.6. The summed E-state index contributed by atoms with van der Waals surface area (Å²) in [7, 11) is -2.43. The lowest BCUT2D eigenvalue weighted by molar-refractivity contribution is -0.140. The Hall–Kier alpha value is -2.19. The molecular weight excluding hydrogens is 601 g/mol. The van der Waals surface area contributed by atoms with E-state index in [0.29, 0.717) is 23.7 Å². The molecule has 0 unspecified atom stereocenters. The van der Waals surface area contributed by atoms with Gasteiger partial charge in [0.25, 0.3) is 31.5 Å². The minimum Gasteiger partial charge on any atom is -0.520 e. The Morgan fingerprint density at radius 2 is 0.804 bits per heavy atom. The van der Waals surface area contributed by atoms with E-state index in [1.165, 1.54) is 139 Å². The van der Waals surface area contributed by atoms with Crippen LogP contribution in [-0.4, -0.2) is 31.5 Å². The molecule has 4 fully saturated rings. The molecule has 2 aromatic carbocycles. The topological polar surface area (TPSA) is 52.6 Å². The van der Waals surface area contributed by atoms with E-state index in [2.05, 4.69) is 36.4 Å². The van der Waals surface area contributed by atoms with Crippen LogP contribution in [-0.2, 0) is 18.4 Å². The highest BCUT2D eigenvalue weighted by Gasteiger charge is 2.28. The lowest BCUT2D eigenvalue weighted by Crippen LogP contribution is -2.30. The first-order valence-electron chi connectivity index (χ1n) is 19.2. The van der Waals surface area contributed by atoms with Crippen molar-refractivity contribution in [1.82, 2.24) is 0 Å². The summed E-state index contributed by atoms with van der Waals surface area (Å²) in [5, 5.41) is 2.65. The van der Waals surface area contributed by atoms with Gasteiger partial charge < -0.3 is 8.85 Å². The van der Waals surface area contributed by atoms with Crippen molar-refractivity contribution in [2.24, 2.45) is 0 Å². The van der Waals surface area contributed by atoms with E-state index in [1.807, 2.05) is 0 Å². The maximum absolute atomic E-state index is 13.0. The van der Waals surface area contributed by atoms with Crippen molar-refractivity contribution in [3.05, 3.63) is 58.7 Å². The summed E-state index contributed by atoms with van der Waals surface area (Å²) < 4.78 is 12.0. The third-order valence-corrected chi connectivity index (χ3v) is 14.7. The van der Waals surface area contributed by atoms with Crippen LogP contribution < -0.4 is 10.4 Å². The predicted molar refractivity (Wildman–Crippen MR) is 194 cm³/mol. The molecule has 0 amide bonds. The van der Waals surface area contributed by atoms with Crippen molar-refractivity contribution in [2.45, 2.75) is 165 Å². The highest BCUT2D eigenvalue weighted by molar-refractivity contribution is 6.50. The van der Waals surface area contributed by atoms with E-state index in [-0.39, 0.29) is 24.8 Å². The molecule has 2 aromatic rings. The molecule has 0 aromatic heterocycles. The Morgan fingerprint density at radius 1 is 0.478 bits per heavy atom. The monoisotopic (exact) mass is 658 g/mol. The molecule has 4 nitrogen and oxygen atoms in total. The number of rotatable bonds is 11. The van der Waals surface area contributed by atoms with Gasteiger partial charge in [-0.25, -0.2) is 0 Å².